The van der Waals surface area contributed by atoms with Gasteiger partial charge in [-0.2, -0.15) is 23.4 Å². The molecule has 10 heteroatoms. The van der Waals surface area contributed by atoms with Gasteiger partial charge >= 0.3 is 6.18 Å². The van der Waals surface area contributed by atoms with Crippen LogP contribution in [0.2, 0.25) is 5.02 Å². The third kappa shape index (κ3) is 4.19. The number of halogens is 4. The van der Waals surface area contributed by atoms with Crippen molar-refractivity contribution < 1.29 is 18.0 Å². The summed E-state index contributed by atoms with van der Waals surface area (Å²) in [4.78, 5) is 14.0. The Morgan fingerprint density at radius 2 is 2.04 bits per heavy atom. The maximum absolute atomic E-state index is 13.1. The second-order valence-electron chi connectivity index (χ2n) is 7.11. The van der Waals surface area contributed by atoms with E-state index in [4.69, 9.17) is 11.6 Å². The maximum atomic E-state index is 13.1. The molecule has 6 nitrogen and oxygen atoms in total. The van der Waals surface area contributed by atoms with Crippen molar-refractivity contribution in [2.45, 2.75) is 64.8 Å². The Morgan fingerprint density at radius 1 is 1.36 bits per heavy atom. The Labute approximate surface area is 166 Å². The lowest BCUT2D eigenvalue weighted by Gasteiger charge is -2.17. The number of aromatic nitrogens is 4. The van der Waals surface area contributed by atoms with Crippen molar-refractivity contribution in [3.63, 3.8) is 0 Å². The molecule has 1 amide bonds. The molecule has 0 spiro atoms. The predicted octanol–water partition coefficient (Wildman–Crippen LogP) is 4.01. The molecule has 0 bridgehead atoms. The van der Waals surface area contributed by atoms with Crippen molar-refractivity contribution in [3.05, 3.63) is 33.9 Å². The Bertz CT molecular complexity index is 869. The van der Waals surface area contributed by atoms with E-state index < -0.39 is 11.9 Å². The average Bonchev–Trinajstić information content (AvgIpc) is 3.32. The highest BCUT2D eigenvalue weighted by Crippen LogP contribution is 2.46. The molecular weight excluding hydrogens is 395 g/mol. The molecule has 0 atom stereocenters. The number of alkyl halides is 3. The number of aryl methyl sites for hydroxylation is 2. The van der Waals surface area contributed by atoms with E-state index in [1.54, 1.807) is 18.1 Å². The van der Waals surface area contributed by atoms with Crippen LogP contribution in [0.4, 0.5) is 13.2 Å². The second-order valence-corrected chi connectivity index (χ2v) is 7.49. The van der Waals surface area contributed by atoms with Crippen LogP contribution < -0.4 is 0 Å². The summed E-state index contributed by atoms with van der Waals surface area (Å²) >= 11 is 5.96. The third-order valence-corrected chi connectivity index (χ3v) is 5.41. The van der Waals surface area contributed by atoms with E-state index >= 15 is 0 Å². The maximum Gasteiger partial charge on any atom is 0.436 e. The lowest BCUT2D eigenvalue weighted by atomic mass is 10.2. The van der Waals surface area contributed by atoms with Gasteiger partial charge in [0.2, 0.25) is 5.91 Å². The zero-order valence-corrected chi connectivity index (χ0v) is 16.8. The van der Waals surface area contributed by atoms with Crippen LogP contribution in [0.3, 0.4) is 0 Å². The van der Waals surface area contributed by atoms with Gasteiger partial charge < -0.3 is 4.90 Å². The van der Waals surface area contributed by atoms with Crippen LogP contribution in [0.1, 0.15) is 54.7 Å². The van der Waals surface area contributed by atoms with Gasteiger partial charge in [-0.1, -0.05) is 11.6 Å². The summed E-state index contributed by atoms with van der Waals surface area (Å²) < 4.78 is 42.5. The molecule has 0 N–H and O–H groups in total. The van der Waals surface area contributed by atoms with Gasteiger partial charge in [-0.25, -0.2) is 0 Å². The van der Waals surface area contributed by atoms with Crippen LogP contribution in [0.15, 0.2) is 6.20 Å². The van der Waals surface area contributed by atoms with E-state index in [1.165, 1.54) is 4.68 Å². The standard InChI is InChI=1S/C18H23ClF3N5O/c1-4-26-11(2)13(9-23-26)10-25(3)14(28)7-8-27-16(12-5-6-12)15(19)17(24-27)18(20,21)22/h9,12H,4-8,10H2,1-3H3. The molecule has 0 aromatic carbocycles. The van der Waals surface area contributed by atoms with Gasteiger partial charge in [-0.05, 0) is 26.7 Å². The molecule has 1 fully saturated rings. The lowest BCUT2D eigenvalue weighted by Crippen LogP contribution is -2.27. The fraction of sp³-hybridized carbons (Fsp3) is 0.611. The first-order chi connectivity index (χ1) is 13.1. The highest BCUT2D eigenvalue weighted by molar-refractivity contribution is 6.32. The molecule has 0 aliphatic heterocycles. The van der Waals surface area contributed by atoms with Gasteiger partial charge in [-0.15, -0.1) is 0 Å². The first-order valence-corrected chi connectivity index (χ1v) is 9.59. The second kappa shape index (κ2) is 7.77. The normalized spacial score (nSPS) is 14.5. The third-order valence-electron chi connectivity index (χ3n) is 5.04. The van der Waals surface area contributed by atoms with Crippen molar-refractivity contribution in [1.82, 2.24) is 24.5 Å². The first kappa shape index (κ1) is 20.7. The molecule has 0 saturated heterocycles. The summed E-state index contributed by atoms with van der Waals surface area (Å²) in [5.74, 6) is -0.183. The predicted molar refractivity (Wildman–Crippen MR) is 97.9 cm³/mol. The Kier molecular flexibility index (Phi) is 5.74. The molecule has 2 aromatic heterocycles. The molecule has 0 radical (unpaired) electrons. The smallest absolute Gasteiger partial charge is 0.341 e. The summed E-state index contributed by atoms with van der Waals surface area (Å²) in [7, 11) is 1.67. The van der Waals surface area contributed by atoms with E-state index in [1.807, 2.05) is 18.5 Å². The van der Waals surface area contributed by atoms with E-state index in [0.717, 1.165) is 30.6 Å². The van der Waals surface area contributed by atoms with Crippen molar-refractivity contribution in [2.24, 2.45) is 0 Å². The SMILES string of the molecule is CCn1ncc(CN(C)C(=O)CCn2nc(C(F)(F)F)c(Cl)c2C2CC2)c1C. The van der Waals surface area contributed by atoms with Crippen molar-refractivity contribution in [2.75, 3.05) is 7.05 Å². The molecule has 2 heterocycles. The van der Waals surface area contributed by atoms with Gasteiger partial charge in [-0.3, -0.25) is 14.2 Å². The number of carbonyl (C=O) groups excluding carboxylic acids is 1. The van der Waals surface area contributed by atoms with Crippen LogP contribution in [0.25, 0.3) is 0 Å². The molecule has 1 saturated carbocycles. The fourth-order valence-corrected chi connectivity index (χ4v) is 3.64. The summed E-state index contributed by atoms with van der Waals surface area (Å²) in [6.45, 7) is 5.14. The van der Waals surface area contributed by atoms with E-state index in [0.29, 0.717) is 12.2 Å². The first-order valence-electron chi connectivity index (χ1n) is 9.22. The van der Waals surface area contributed by atoms with Gasteiger partial charge in [0.05, 0.1) is 23.5 Å². The molecular formula is C18H23ClF3N5O. The molecule has 3 rings (SSSR count). The quantitative estimate of drug-likeness (QED) is 0.684. The van der Waals surface area contributed by atoms with Crippen molar-refractivity contribution in [3.8, 4) is 0 Å². The number of hydrogen-bond acceptors (Lipinski definition) is 3. The number of rotatable bonds is 7. The molecule has 28 heavy (non-hydrogen) atoms. The Morgan fingerprint density at radius 3 is 2.57 bits per heavy atom. The van der Waals surface area contributed by atoms with Gasteiger partial charge in [0.25, 0.3) is 0 Å². The number of carbonyl (C=O) groups is 1. The highest BCUT2D eigenvalue weighted by atomic mass is 35.5. The fourth-order valence-electron chi connectivity index (χ4n) is 3.25. The molecule has 154 valence electrons. The van der Waals surface area contributed by atoms with E-state index in [2.05, 4.69) is 10.2 Å². The van der Waals surface area contributed by atoms with Gasteiger partial charge in [0.1, 0.15) is 0 Å². The number of nitrogens with zero attached hydrogens (tertiary/aromatic N) is 5. The van der Waals surface area contributed by atoms with Crippen molar-refractivity contribution >= 4 is 17.5 Å². The zero-order valence-electron chi connectivity index (χ0n) is 16.1. The van der Waals surface area contributed by atoms with E-state index in [-0.39, 0.29) is 29.8 Å². The summed E-state index contributed by atoms with van der Waals surface area (Å²) in [6.07, 6.45) is -1.25. The number of amides is 1. The summed E-state index contributed by atoms with van der Waals surface area (Å²) in [6, 6.07) is 0. The van der Waals surface area contributed by atoms with Crippen LogP contribution in [-0.2, 0) is 30.6 Å². The summed E-state index contributed by atoms with van der Waals surface area (Å²) in [5, 5.41) is 7.58. The number of hydrogen-bond donors (Lipinski definition) is 0. The van der Waals surface area contributed by atoms with Gasteiger partial charge in [0, 0.05) is 43.7 Å². The highest BCUT2D eigenvalue weighted by Gasteiger charge is 2.42. The van der Waals surface area contributed by atoms with E-state index in [9.17, 15) is 18.0 Å². The summed E-state index contributed by atoms with van der Waals surface area (Å²) in [5.41, 5.74) is 1.26. The molecule has 0 unspecified atom stereocenters. The zero-order chi connectivity index (χ0) is 20.6. The lowest BCUT2D eigenvalue weighted by molar-refractivity contribution is -0.141. The van der Waals surface area contributed by atoms with Crippen molar-refractivity contribution in [1.29, 1.82) is 0 Å². The van der Waals surface area contributed by atoms with Crippen LogP contribution in [0.5, 0.6) is 0 Å². The minimum absolute atomic E-state index is 0.00790. The van der Waals surface area contributed by atoms with Crippen LogP contribution >= 0.6 is 11.6 Å². The Hall–Kier alpha value is -2.03. The molecule has 2 aromatic rings. The van der Waals surface area contributed by atoms with Crippen LogP contribution in [0, 0.1) is 6.92 Å². The Balaban J connectivity index is 1.68. The minimum atomic E-state index is -4.61. The average molecular weight is 418 g/mol. The minimum Gasteiger partial charge on any atom is -0.341 e. The topological polar surface area (TPSA) is 56.0 Å². The van der Waals surface area contributed by atoms with Crippen LogP contribution in [-0.4, -0.2) is 37.4 Å². The van der Waals surface area contributed by atoms with Gasteiger partial charge in [0.15, 0.2) is 5.69 Å². The monoisotopic (exact) mass is 417 g/mol. The largest absolute Gasteiger partial charge is 0.436 e. The molecule has 1 aliphatic rings. The molecule has 1 aliphatic carbocycles.